The van der Waals surface area contributed by atoms with Gasteiger partial charge in [0.2, 0.25) is 11.8 Å². The first-order valence-electron chi connectivity index (χ1n) is 6.65. The minimum absolute atomic E-state index is 0.0299. The predicted molar refractivity (Wildman–Crippen MR) is 79.2 cm³/mol. The maximum Gasteiger partial charge on any atom is 0.227 e. The van der Waals surface area contributed by atoms with Crippen LogP contribution in [0.2, 0.25) is 10.0 Å². The predicted octanol–water partition coefficient (Wildman–Crippen LogP) is 3.69. The van der Waals surface area contributed by atoms with E-state index >= 15 is 0 Å². The van der Waals surface area contributed by atoms with Gasteiger partial charge in [0.1, 0.15) is 0 Å². The van der Waals surface area contributed by atoms with E-state index in [0.29, 0.717) is 21.4 Å². The van der Waals surface area contributed by atoms with Gasteiger partial charge in [-0.05, 0) is 37.8 Å². The van der Waals surface area contributed by atoms with Crippen LogP contribution < -0.4 is 10.6 Å². The second kappa shape index (κ2) is 5.26. The highest BCUT2D eigenvalue weighted by molar-refractivity contribution is 6.38. The number of benzene rings is 1. The van der Waals surface area contributed by atoms with Crippen LogP contribution in [0.3, 0.4) is 0 Å². The van der Waals surface area contributed by atoms with Gasteiger partial charge >= 0.3 is 0 Å². The van der Waals surface area contributed by atoms with Crippen molar-refractivity contribution < 1.29 is 9.59 Å². The molecule has 0 heterocycles. The van der Waals surface area contributed by atoms with E-state index in [1.165, 1.54) is 0 Å². The lowest BCUT2D eigenvalue weighted by atomic mass is 10.2. The first-order valence-corrected chi connectivity index (χ1v) is 7.41. The SMILES string of the molecule is O=C(Nc1cc(Cl)c(NC(=O)C2CC2)cc1Cl)C1CC1. The molecule has 0 aromatic heterocycles. The van der Waals surface area contributed by atoms with Crippen molar-refractivity contribution in [2.45, 2.75) is 25.7 Å². The molecule has 1 aromatic rings. The van der Waals surface area contributed by atoms with Crippen molar-refractivity contribution in [1.29, 1.82) is 0 Å². The first kappa shape index (κ1) is 13.7. The number of hydrogen-bond acceptors (Lipinski definition) is 2. The number of hydrogen-bond donors (Lipinski definition) is 2. The molecule has 0 unspecified atom stereocenters. The fraction of sp³-hybridized carbons (Fsp3) is 0.429. The normalized spacial score (nSPS) is 17.7. The summed E-state index contributed by atoms with van der Waals surface area (Å²) >= 11 is 12.2. The fourth-order valence-electron chi connectivity index (χ4n) is 1.90. The molecular formula is C14H14Cl2N2O2. The maximum atomic E-state index is 11.7. The zero-order chi connectivity index (χ0) is 14.3. The van der Waals surface area contributed by atoms with Crippen LogP contribution in [0, 0.1) is 11.8 Å². The lowest BCUT2D eigenvalue weighted by Gasteiger charge is -2.12. The molecule has 4 nitrogen and oxygen atoms in total. The summed E-state index contributed by atoms with van der Waals surface area (Å²) < 4.78 is 0. The van der Waals surface area contributed by atoms with Crippen molar-refractivity contribution >= 4 is 46.4 Å². The van der Waals surface area contributed by atoms with Gasteiger partial charge in [0.25, 0.3) is 0 Å². The van der Waals surface area contributed by atoms with Crippen LogP contribution in [-0.2, 0) is 9.59 Å². The van der Waals surface area contributed by atoms with E-state index in [9.17, 15) is 9.59 Å². The van der Waals surface area contributed by atoms with Gasteiger partial charge in [0, 0.05) is 11.8 Å². The van der Waals surface area contributed by atoms with Crippen LogP contribution in [0.5, 0.6) is 0 Å². The smallest absolute Gasteiger partial charge is 0.227 e. The van der Waals surface area contributed by atoms with Crippen molar-refractivity contribution in [3.8, 4) is 0 Å². The second-order valence-corrected chi connectivity index (χ2v) is 6.15. The number of nitrogens with one attached hydrogen (secondary N) is 2. The van der Waals surface area contributed by atoms with Gasteiger partial charge in [-0.15, -0.1) is 0 Å². The average Bonchev–Trinajstić information content (AvgIpc) is 3.28. The van der Waals surface area contributed by atoms with E-state index in [0.717, 1.165) is 25.7 Å². The first-order chi connectivity index (χ1) is 9.54. The van der Waals surface area contributed by atoms with E-state index in [1.807, 2.05) is 0 Å². The van der Waals surface area contributed by atoms with Gasteiger partial charge in [-0.3, -0.25) is 9.59 Å². The Morgan fingerprint density at radius 3 is 1.50 bits per heavy atom. The molecular weight excluding hydrogens is 299 g/mol. The Hall–Kier alpha value is -1.26. The van der Waals surface area contributed by atoms with Crippen molar-refractivity contribution in [1.82, 2.24) is 0 Å². The lowest BCUT2D eigenvalue weighted by molar-refractivity contribution is -0.118. The van der Waals surface area contributed by atoms with Gasteiger partial charge in [-0.1, -0.05) is 23.2 Å². The van der Waals surface area contributed by atoms with Gasteiger partial charge in [0.15, 0.2) is 0 Å². The maximum absolute atomic E-state index is 11.7. The summed E-state index contributed by atoms with van der Waals surface area (Å²) in [5, 5.41) is 6.26. The molecule has 0 bridgehead atoms. The van der Waals surface area contributed by atoms with Crippen LogP contribution in [0.25, 0.3) is 0 Å². The Morgan fingerprint density at radius 2 is 1.20 bits per heavy atom. The monoisotopic (exact) mass is 312 g/mol. The number of rotatable bonds is 4. The van der Waals surface area contributed by atoms with E-state index in [-0.39, 0.29) is 23.7 Å². The Kier molecular flexibility index (Phi) is 3.61. The molecule has 20 heavy (non-hydrogen) atoms. The molecule has 2 saturated carbocycles. The molecule has 2 fully saturated rings. The van der Waals surface area contributed by atoms with Crippen molar-refractivity contribution in [3.63, 3.8) is 0 Å². The Bertz CT molecular complexity index is 529. The van der Waals surface area contributed by atoms with Crippen LogP contribution in [0.4, 0.5) is 11.4 Å². The number of carbonyl (C=O) groups is 2. The van der Waals surface area contributed by atoms with Gasteiger partial charge in [-0.25, -0.2) is 0 Å². The van der Waals surface area contributed by atoms with Gasteiger partial charge in [0.05, 0.1) is 21.4 Å². The third kappa shape index (κ3) is 3.07. The molecule has 0 radical (unpaired) electrons. The molecule has 0 spiro atoms. The van der Waals surface area contributed by atoms with Crippen LogP contribution in [0.15, 0.2) is 12.1 Å². The van der Waals surface area contributed by atoms with Crippen LogP contribution >= 0.6 is 23.2 Å². The molecule has 2 amide bonds. The number of carbonyl (C=O) groups excluding carboxylic acids is 2. The molecule has 2 aliphatic carbocycles. The molecule has 106 valence electrons. The molecule has 0 aliphatic heterocycles. The summed E-state index contributed by atoms with van der Waals surface area (Å²) in [5.74, 6) is 0.133. The Labute approximate surface area is 126 Å². The molecule has 3 rings (SSSR count). The average molecular weight is 313 g/mol. The van der Waals surface area contributed by atoms with E-state index in [1.54, 1.807) is 12.1 Å². The quantitative estimate of drug-likeness (QED) is 0.890. The summed E-state index contributed by atoms with van der Waals surface area (Å²) in [6, 6.07) is 3.15. The molecule has 0 saturated heterocycles. The largest absolute Gasteiger partial charge is 0.324 e. The highest BCUT2D eigenvalue weighted by atomic mass is 35.5. The third-order valence-electron chi connectivity index (χ3n) is 3.47. The van der Waals surface area contributed by atoms with Gasteiger partial charge in [-0.2, -0.15) is 0 Å². The summed E-state index contributed by atoms with van der Waals surface area (Å²) in [5.41, 5.74) is 0.968. The van der Waals surface area contributed by atoms with E-state index in [2.05, 4.69) is 10.6 Å². The number of anilines is 2. The Balaban J connectivity index is 1.74. The summed E-state index contributed by atoms with van der Waals surface area (Å²) in [6.45, 7) is 0. The second-order valence-electron chi connectivity index (χ2n) is 5.34. The van der Waals surface area contributed by atoms with Crippen molar-refractivity contribution in [2.75, 3.05) is 10.6 Å². The highest BCUT2D eigenvalue weighted by Gasteiger charge is 2.31. The topological polar surface area (TPSA) is 58.2 Å². The van der Waals surface area contributed by atoms with E-state index in [4.69, 9.17) is 23.2 Å². The highest BCUT2D eigenvalue weighted by Crippen LogP contribution is 2.37. The zero-order valence-corrected chi connectivity index (χ0v) is 12.2. The summed E-state index contributed by atoms with van der Waals surface area (Å²) in [4.78, 5) is 23.4. The van der Waals surface area contributed by atoms with E-state index < -0.39 is 0 Å². The minimum atomic E-state index is -0.0299. The number of halogens is 2. The fourth-order valence-corrected chi connectivity index (χ4v) is 2.32. The molecule has 6 heteroatoms. The molecule has 0 atom stereocenters. The number of amides is 2. The molecule has 1 aromatic carbocycles. The Morgan fingerprint density at radius 1 is 0.850 bits per heavy atom. The van der Waals surface area contributed by atoms with Crippen LogP contribution in [-0.4, -0.2) is 11.8 Å². The van der Waals surface area contributed by atoms with Crippen LogP contribution in [0.1, 0.15) is 25.7 Å². The third-order valence-corrected chi connectivity index (χ3v) is 4.09. The minimum Gasteiger partial charge on any atom is -0.324 e. The standard InChI is InChI=1S/C14H14Cl2N2O2/c15-9-6-12(18-14(20)8-3-4-8)10(16)5-11(9)17-13(19)7-1-2-7/h5-8H,1-4H2,(H,17,19)(H,18,20). The lowest BCUT2D eigenvalue weighted by Crippen LogP contribution is -2.15. The van der Waals surface area contributed by atoms with Crippen molar-refractivity contribution in [3.05, 3.63) is 22.2 Å². The van der Waals surface area contributed by atoms with Gasteiger partial charge < -0.3 is 10.6 Å². The molecule has 2 N–H and O–H groups in total. The molecule has 2 aliphatic rings. The summed E-state index contributed by atoms with van der Waals surface area (Å²) in [7, 11) is 0. The van der Waals surface area contributed by atoms with Crippen molar-refractivity contribution in [2.24, 2.45) is 11.8 Å². The zero-order valence-electron chi connectivity index (χ0n) is 10.7. The summed E-state index contributed by atoms with van der Waals surface area (Å²) in [6.07, 6.45) is 3.69.